The van der Waals surface area contributed by atoms with Crippen LogP contribution in [0.1, 0.15) is 34.1 Å². The number of carbonyl (C=O) groups excluding carboxylic acids is 1. The van der Waals surface area contributed by atoms with Crippen molar-refractivity contribution < 1.29 is 9.53 Å². The lowest BCUT2D eigenvalue weighted by Crippen LogP contribution is -2.37. The molecule has 0 aliphatic carbocycles. The van der Waals surface area contributed by atoms with Gasteiger partial charge in [-0.25, -0.2) is 0 Å². The summed E-state index contributed by atoms with van der Waals surface area (Å²) in [6, 6.07) is 14.1. The molecular weight excluding hydrogens is 350 g/mol. The molecular formula is C23H27N3O2. The molecule has 1 atom stereocenters. The topological polar surface area (TPSA) is 57.4 Å². The number of carbonyl (C=O) groups is 1. The minimum absolute atomic E-state index is 0.0358. The number of aryl methyl sites for hydroxylation is 2. The average molecular weight is 377 g/mol. The predicted molar refractivity (Wildman–Crippen MR) is 112 cm³/mol. The first-order chi connectivity index (χ1) is 13.5. The lowest BCUT2D eigenvalue weighted by Gasteiger charge is -2.22. The Morgan fingerprint density at radius 1 is 1.21 bits per heavy atom. The zero-order valence-corrected chi connectivity index (χ0v) is 16.7. The maximum atomic E-state index is 12.8. The van der Waals surface area contributed by atoms with E-state index in [9.17, 15) is 4.79 Å². The summed E-state index contributed by atoms with van der Waals surface area (Å²) in [5.41, 5.74) is 5.11. The number of H-pyrrole nitrogens is 1. The van der Waals surface area contributed by atoms with Gasteiger partial charge in [0.2, 0.25) is 0 Å². The van der Waals surface area contributed by atoms with Crippen LogP contribution in [0.2, 0.25) is 0 Å². The molecule has 1 unspecified atom stereocenters. The molecule has 0 radical (unpaired) electrons. The van der Waals surface area contributed by atoms with Crippen LogP contribution in [0.3, 0.4) is 0 Å². The number of aromatic nitrogens is 1. The van der Waals surface area contributed by atoms with Crippen LogP contribution in [-0.2, 0) is 6.54 Å². The maximum Gasteiger partial charge on any atom is 0.253 e. The van der Waals surface area contributed by atoms with Crippen molar-refractivity contribution in [3.05, 3.63) is 64.8 Å². The Morgan fingerprint density at radius 3 is 2.89 bits per heavy atom. The Balaban J connectivity index is 1.41. The molecule has 4 rings (SSSR count). The van der Waals surface area contributed by atoms with E-state index in [1.54, 1.807) is 0 Å². The van der Waals surface area contributed by atoms with E-state index < -0.39 is 0 Å². The molecule has 5 nitrogen and oxygen atoms in total. The lowest BCUT2D eigenvalue weighted by molar-refractivity contribution is 0.0946. The van der Waals surface area contributed by atoms with Crippen molar-refractivity contribution in [2.75, 3.05) is 19.6 Å². The summed E-state index contributed by atoms with van der Waals surface area (Å²) >= 11 is 0. The largest absolute Gasteiger partial charge is 0.489 e. The quantitative estimate of drug-likeness (QED) is 0.727. The Hall–Kier alpha value is -2.79. The molecule has 1 aliphatic rings. The van der Waals surface area contributed by atoms with Gasteiger partial charge in [-0.3, -0.25) is 9.69 Å². The van der Waals surface area contributed by atoms with E-state index in [0.717, 1.165) is 42.0 Å². The fraction of sp³-hybridized carbons (Fsp3) is 0.348. The molecule has 1 aliphatic heterocycles. The maximum absolute atomic E-state index is 12.8. The second-order valence-electron chi connectivity index (χ2n) is 7.63. The van der Waals surface area contributed by atoms with Gasteiger partial charge in [-0.15, -0.1) is 0 Å². The van der Waals surface area contributed by atoms with E-state index in [1.807, 2.05) is 37.3 Å². The van der Waals surface area contributed by atoms with Crippen molar-refractivity contribution >= 4 is 16.8 Å². The summed E-state index contributed by atoms with van der Waals surface area (Å²) in [5.74, 6) is 0.928. The fourth-order valence-electron chi connectivity index (χ4n) is 3.94. The molecule has 5 heteroatoms. The Bertz CT molecular complexity index is 1010. The Kier molecular flexibility index (Phi) is 5.09. The summed E-state index contributed by atoms with van der Waals surface area (Å²) in [6.07, 6.45) is 0.123. The van der Waals surface area contributed by atoms with Crippen LogP contribution < -0.4 is 10.1 Å². The SMILES string of the molecule is Cc1[nH]c2c(C(=O)NCCN3Cc4ccccc4OC(C)C3)cccc2c1C. The van der Waals surface area contributed by atoms with Gasteiger partial charge in [0.1, 0.15) is 11.9 Å². The number of hydrogen-bond acceptors (Lipinski definition) is 3. The Labute approximate surface area is 165 Å². The number of ether oxygens (including phenoxy) is 1. The molecule has 1 aromatic heterocycles. The highest BCUT2D eigenvalue weighted by Crippen LogP contribution is 2.25. The van der Waals surface area contributed by atoms with E-state index in [1.165, 1.54) is 11.1 Å². The molecule has 0 bridgehead atoms. The first-order valence-corrected chi connectivity index (χ1v) is 9.86. The lowest BCUT2D eigenvalue weighted by atomic mass is 10.1. The molecule has 2 aromatic carbocycles. The second kappa shape index (κ2) is 7.68. The third-order valence-electron chi connectivity index (χ3n) is 5.51. The van der Waals surface area contributed by atoms with Crippen molar-refractivity contribution in [3.63, 3.8) is 0 Å². The zero-order chi connectivity index (χ0) is 19.7. The van der Waals surface area contributed by atoms with E-state index in [2.05, 4.69) is 41.2 Å². The third kappa shape index (κ3) is 3.62. The third-order valence-corrected chi connectivity index (χ3v) is 5.51. The van der Waals surface area contributed by atoms with E-state index in [0.29, 0.717) is 12.1 Å². The van der Waals surface area contributed by atoms with Gasteiger partial charge in [-0.1, -0.05) is 30.3 Å². The minimum Gasteiger partial charge on any atom is -0.489 e. The number of amides is 1. The van der Waals surface area contributed by atoms with Gasteiger partial charge in [0.15, 0.2) is 0 Å². The standard InChI is InChI=1S/C23H27N3O2/c1-15-13-26(14-18-7-4-5-10-21(18)28-15)12-11-24-23(27)20-9-6-8-19-16(2)17(3)25-22(19)20/h4-10,15,25H,11-14H2,1-3H3,(H,24,27). The molecule has 0 saturated carbocycles. The van der Waals surface area contributed by atoms with Crippen LogP contribution in [0.5, 0.6) is 5.75 Å². The number of nitrogens with zero attached hydrogens (tertiary/aromatic N) is 1. The van der Waals surface area contributed by atoms with E-state index in [4.69, 9.17) is 4.74 Å². The van der Waals surface area contributed by atoms with Crippen molar-refractivity contribution in [1.29, 1.82) is 0 Å². The molecule has 2 N–H and O–H groups in total. The number of nitrogens with one attached hydrogen (secondary N) is 2. The van der Waals surface area contributed by atoms with Crippen LogP contribution >= 0.6 is 0 Å². The molecule has 0 fully saturated rings. The van der Waals surface area contributed by atoms with Gasteiger partial charge in [0.25, 0.3) is 5.91 Å². The first-order valence-electron chi connectivity index (χ1n) is 9.86. The molecule has 0 saturated heterocycles. The van der Waals surface area contributed by atoms with Gasteiger partial charge in [-0.2, -0.15) is 0 Å². The summed E-state index contributed by atoms with van der Waals surface area (Å²) in [4.78, 5) is 18.5. The van der Waals surface area contributed by atoms with Gasteiger partial charge in [0.05, 0.1) is 11.1 Å². The highest BCUT2D eigenvalue weighted by atomic mass is 16.5. The van der Waals surface area contributed by atoms with Crippen LogP contribution in [0.15, 0.2) is 42.5 Å². The first kappa shape index (κ1) is 18.6. The van der Waals surface area contributed by atoms with Gasteiger partial charge >= 0.3 is 0 Å². The van der Waals surface area contributed by atoms with Crippen LogP contribution in [0, 0.1) is 13.8 Å². The predicted octanol–water partition coefficient (Wildman–Crippen LogP) is 3.80. The number of hydrogen-bond donors (Lipinski definition) is 2. The fourth-order valence-corrected chi connectivity index (χ4v) is 3.94. The molecule has 1 amide bonds. The van der Waals surface area contributed by atoms with E-state index >= 15 is 0 Å². The number of benzene rings is 2. The molecule has 0 spiro atoms. The number of fused-ring (bicyclic) bond motifs is 2. The van der Waals surface area contributed by atoms with Gasteiger partial charge in [-0.05, 0) is 38.5 Å². The smallest absolute Gasteiger partial charge is 0.253 e. The van der Waals surface area contributed by atoms with Crippen LogP contribution in [0.4, 0.5) is 0 Å². The highest BCUT2D eigenvalue weighted by Gasteiger charge is 2.20. The van der Waals surface area contributed by atoms with Crippen LogP contribution in [0.25, 0.3) is 10.9 Å². The van der Waals surface area contributed by atoms with Crippen molar-refractivity contribution in [3.8, 4) is 5.75 Å². The second-order valence-corrected chi connectivity index (χ2v) is 7.63. The zero-order valence-electron chi connectivity index (χ0n) is 16.7. The summed E-state index contributed by atoms with van der Waals surface area (Å²) < 4.78 is 6.01. The number of aromatic amines is 1. The number of para-hydroxylation sites is 2. The average Bonchev–Trinajstić information content (AvgIpc) is 2.86. The van der Waals surface area contributed by atoms with Crippen molar-refractivity contribution in [1.82, 2.24) is 15.2 Å². The molecule has 28 heavy (non-hydrogen) atoms. The Morgan fingerprint density at radius 2 is 2.04 bits per heavy atom. The van der Waals surface area contributed by atoms with Gasteiger partial charge in [0, 0.05) is 42.8 Å². The summed E-state index contributed by atoms with van der Waals surface area (Å²) in [5, 5.41) is 4.20. The summed E-state index contributed by atoms with van der Waals surface area (Å²) in [6.45, 7) is 9.27. The molecule has 2 heterocycles. The monoisotopic (exact) mass is 377 g/mol. The van der Waals surface area contributed by atoms with E-state index in [-0.39, 0.29) is 12.0 Å². The highest BCUT2D eigenvalue weighted by molar-refractivity contribution is 6.06. The normalized spacial score (nSPS) is 17.0. The van der Waals surface area contributed by atoms with Crippen molar-refractivity contribution in [2.45, 2.75) is 33.4 Å². The molecule has 3 aromatic rings. The molecule has 146 valence electrons. The van der Waals surface area contributed by atoms with Crippen molar-refractivity contribution in [2.24, 2.45) is 0 Å². The minimum atomic E-state index is -0.0358. The summed E-state index contributed by atoms with van der Waals surface area (Å²) in [7, 11) is 0. The van der Waals surface area contributed by atoms with Crippen LogP contribution in [-0.4, -0.2) is 41.5 Å². The van der Waals surface area contributed by atoms with Gasteiger partial charge < -0.3 is 15.0 Å². The number of rotatable bonds is 4.